The van der Waals surface area contributed by atoms with Crippen molar-refractivity contribution < 1.29 is 14.6 Å². The number of unbranched alkanes of at least 4 members (excludes halogenated alkanes) is 1. The Labute approximate surface area is 133 Å². The number of aliphatic hydroxyl groups excluding tert-OH is 1. The van der Waals surface area contributed by atoms with Crippen LogP contribution in [0.2, 0.25) is 0 Å². The van der Waals surface area contributed by atoms with Gasteiger partial charge in [-0.3, -0.25) is 4.90 Å². The normalized spacial score (nSPS) is 20.6. The molecule has 2 rings (SSSR count). The zero-order valence-electron chi connectivity index (χ0n) is 13.9. The van der Waals surface area contributed by atoms with E-state index >= 15 is 0 Å². The highest BCUT2D eigenvalue weighted by molar-refractivity contribution is 5.41. The third kappa shape index (κ3) is 4.34. The second-order valence-electron chi connectivity index (χ2n) is 5.94. The zero-order valence-corrected chi connectivity index (χ0v) is 13.9. The molecule has 5 nitrogen and oxygen atoms in total. The minimum Gasteiger partial charge on any atom is -0.496 e. The highest BCUT2D eigenvalue weighted by Gasteiger charge is 2.24. The summed E-state index contributed by atoms with van der Waals surface area (Å²) in [6.45, 7) is 7.13. The van der Waals surface area contributed by atoms with E-state index in [2.05, 4.69) is 16.8 Å². The molecule has 1 aliphatic rings. The highest BCUT2D eigenvalue weighted by Crippen LogP contribution is 2.33. The lowest BCUT2D eigenvalue weighted by Gasteiger charge is -2.33. The first-order chi connectivity index (χ1) is 10.7. The van der Waals surface area contributed by atoms with Crippen molar-refractivity contribution in [1.29, 1.82) is 0 Å². The lowest BCUT2D eigenvalue weighted by molar-refractivity contribution is 0.0797. The molecule has 2 atom stereocenters. The fourth-order valence-electron chi connectivity index (χ4n) is 2.95. The van der Waals surface area contributed by atoms with E-state index in [4.69, 9.17) is 9.47 Å². The third-order valence-electron chi connectivity index (χ3n) is 4.12. The molecule has 1 saturated heterocycles. The van der Waals surface area contributed by atoms with Crippen LogP contribution in [0.15, 0.2) is 12.3 Å². The summed E-state index contributed by atoms with van der Waals surface area (Å²) in [4.78, 5) is 6.77. The van der Waals surface area contributed by atoms with E-state index in [1.165, 1.54) is 12.8 Å². The fourth-order valence-corrected chi connectivity index (χ4v) is 2.95. The lowest BCUT2D eigenvalue weighted by Crippen LogP contribution is -2.41. The van der Waals surface area contributed by atoms with Gasteiger partial charge in [-0.15, -0.1) is 0 Å². The number of likely N-dealkylation sites (tertiary alicyclic amines) is 1. The van der Waals surface area contributed by atoms with E-state index in [0.717, 1.165) is 32.5 Å². The summed E-state index contributed by atoms with van der Waals surface area (Å²) < 4.78 is 11.4. The fraction of sp³-hybridized carbons (Fsp3) is 0.706. The Morgan fingerprint density at radius 3 is 3.00 bits per heavy atom. The smallest absolute Gasteiger partial charge is 0.223 e. The topological polar surface area (TPSA) is 54.8 Å². The van der Waals surface area contributed by atoms with Crippen LogP contribution in [0.5, 0.6) is 11.6 Å². The molecule has 0 spiro atoms. The second-order valence-corrected chi connectivity index (χ2v) is 5.94. The van der Waals surface area contributed by atoms with Crippen molar-refractivity contribution in [1.82, 2.24) is 9.88 Å². The Morgan fingerprint density at radius 1 is 1.50 bits per heavy atom. The summed E-state index contributed by atoms with van der Waals surface area (Å²) in [5.74, 6) is 1.12. The van der Waals surface area contributed by atoms with Gasteiger partial charge in [-0.1, -0.05) is 13.3 Å². The number of rotatable bonds is 7. The van der Waals surface area contributed by atoms with Crippen LogP contribution in [0.4, 0.5) is 0 Å². The minimum atomic E-state index is -0.668. The lowest BCUT2D eigenvalue weighted by atomic mass is 10.1. The third-order valence-corrected chi connectivity index (χ3v) is 4.12. The van der Waals surface area contributed by atoms with Gasteiger partial charge in [-0.25, -0.2) is 4.98 Å². The number of piperidine rings is 1. The zero-order chi connectivity index (χ0) is 15.9. The molecule has 0 amide bonds. The van der Waals surface area contributed by atoms with E-state index in [-0.39, 0.29) is 6.10 Å². The van der Waals surface area contributed by atoms with E-state index in [9.17, 15) is 5.11 Å². The molecule has 0 aliphatic carbocycles. The molecule has 2 unspecified atom stereocenters. The van der Waals surface area contributed by atoms with Gasteiger partial charge in [0, 0.05) is 12.7 Å². The molecule has 0 saturated carbocycles. The first-order valence-electron chi connectivity index (χ1n) is 8.25. The Kier molecular flexibility index (Phi) is 6.46. The summed E-state index contributed by atoms with van der Waals surface area (Å²) in [5, 5.41) is 10.0. The summed E-state index contributed by atoms with van der Waals surface area (Å²) in [6.07, 6.45) is 5.73. The average molecular weight is 308 g/mol. The van der Waals surface area contributed by atoms with E-state index in [1.54, 1.807) is 26.3 Å². The molecule has 5 heteroatoms. The molecule has 2 heterocycles. The predicted octanol–water partition coefficient (Wildman–Crippen LogP) is 2.79. The number of nitrogens with zero attached hydrogens (tertiary/aromatic N) is 2. The van der Waals surface area contributed by atoms with E-state index < -0.39 is 6.10 Å². The minimum absolute atomic E-state index is 0.128. The van der Waals surface area contributed by atoms with Gasteiger partial charge in [-0.05, 0) is 45.3 Å². The molecular formula is C17H28N2O3. The van der Waals surface area contributed by atoms with Crippen LogP contribution in [0, 0.1) is 0 Å². The van der Waals surface area contributed by atoms with Crippen LogP contribution in [0.3, 0.4) is 0 Å². The van der Waals surface area contributed by atoms with Crippen molar-refractivity contribution in [2.24, 2.45) is 0 Å². The van der Waals surface area contributed by atoms with Gasteiger partial charge in [0.2, 0.25) is 5.88 Å². The van der Waals surface area contributed by atoms with Gasteiger partial charge in [0.05, 0.1) is 18.8 Å². The Balaban J connectivity index is 2.06. The second kappa shape index (κ2) is 8.34. The number of hydrogen-bond donors (Lipinski definition) is 1. The maximum absolute atomic E-state index is 10.0. The first-order valence-corrected chi connectivity index (χ1v) is 8.25. The number of aliphatic hydroxyl groups is 1. The van der Waals surface area contributed by atoms with Crippen LogP contribution in [0.25, 0.3) is 0 Å². The summed E-state index contributed by atoms with van der Waals surface area (Å²) >= 11 is 0. The molecule has 124 valence electrons. The number of aromatic nitrogens is 1. The maximum atomic E-state index is 10.0. The monoisotopic (exact) mass is 308 g/mol. The summed E-state index contributed by atoms with van der Waals surface area (Å²) in [7, 11) is 1.60. The van der Waals surface area contributed by atoms with Crippen LogP contribution < -0.4 is 9.47 Å². The van der Waals surface area contributed by atoms with Crippen molar-refractivity contribution in [3.8, 4) is 11.6 Å². The average Bonchev–Trinajstić information content (AvgIpc) is 2.52. The molecule has 22 heavy (non-hydrogen) atoms. The van der Waals surface area contributed by atoms with Crippen molar-refractivity contribution >= 4 is 0 Å². The molecule has 1 aromatic rings. The van der Waals surface area contributed by atoms with Crippen LogP contribution in [-0.4, -0.2) is 47.8 Å². The molecule has 1 fully saturated rings. The molecule has 0 aromatic carbocycles. The molecule has 1 aromatic heterocycles. The van der Waals surface area contributed by atoms with Gasteiger partial charge >= 0.3 is 0 Å². The van der Waals surface area contributed by atoms with Crippen molar-refractivity contribution in [2.45, 2.75) is 51.7 Å². The van der Waals surface area contributed by atoms with E-state index in [1.807, 2.05) is 0 Å². The van der Waals surface area contributed by atoms with Crippen molar-refractivity contribution in [3.63, 3.8) is 0 Å². The molecule has 1 N–H and O–H groups in total. The van der Waals surface area contributed by atoms with Gasteiger partial charge in [0.15, 0.2) is 0 Å². The van der Waals surface area contributed by atoms with Gasteiger partial charge in [0.1, 0.15) is 11.9 Å². The van der Waals surface area contributed by atoms with Crippen molar-refractivity contribution in [2.75, 3.05) is 26.7 Å². The first kappa shape index (κ1) is 17.0. The van der Waals surface area contributed by atoms with Crippen LogP contribution in [-0.2, 0) is 0 Å². The molecule has 0 bridgehead atoms. The van der Waals surface area contributed by atoms with E-state index in [0.29, 0.717) is 17.2 Å². The van der Waals surface area contributed by atoms with Gasteiger partial charge < -0.3 is 14.6 Å². The Hall–Kier alpha value is -1.33. The maximum Gasteiger partial charge on any atom is 0.223 e. The number of pyridine rings is 1. The van der Waals surface area contributed by atoms with Gasteiger partial charge in [-0.2, -0.15) is 0 Å². The summed E-state index contributed by atoms with van der Waals surface area (Å²) in [6, 6.07) is 1.75. The highest BCUT2D eigenvalue weighted by atomic mass is 16.5. The SMILES string of the molecule is CCCCN1CCCC(Oc2nccc(OC)c2C(C)O)C1. The largest absolute Gasteiger partial charge is 0.496 e. The Morgan fingerprint density at radius 2 is 2.32 bits per heavy atom. The molecule has 1 aliphatic heterocycles. The van der Waals surface area contributed by atoms with Crippen molar-refractivity contribution in [3.05, 3.63) is 17.8 Å². The standard InChI is InChI=1S/C17H28N2O3/c1-4-5-10-19-11-6-7-14(12-19)22-17-16(13(2)20)15(21-3)8-9-18-17/h8-9,13-14,20H,4-7,10-12H2,1-3H3. The predicted molar refractivity (Wildman–Crippen MR) is 86.4 cm³/mol. The number of methoxy groups -OCH3 is 1. The number of ether oxygens (including phenoxy) is 2. The molecular weight excluding hydrogens is 280 g/mol. The van der Waals surface area contributed by atoms with Crippen LogP contribution >= 0.6 is 0 Å². The number of hydrogen-bond acceptors (Lipinski definition) is 5. The van der Waals surface area contributed by atoms with Crippen LogP contribution in [0.1, 0.15) is 51.2 Å². The Bertz CT molecular complexity index is 465. The van der Waals surface area contributed by atoms with Gasteiger partial charge in [0.25, 0.3) is 0 Å². The quantitative estimate of drug-likeness (QED) is 0.839. The molecule has 0 radical (unpaired) electrons. The summed E-state index contributed by atoms with van der Waals surface area (Å²) in [5.41, 5.74) is 0.635.